The van der Waals surface area contributed by atoms with Crippen LogP contribution in [0.25, 0.3) is 0 Å². The van der Waals surface area contributed by atoms with Crippen molar-refractivity contribution in [1.82, 2.24) is 4.98 Å². The maximum Gasteiger partial charge on any atom is 0.0419 e. The standard InChI is InChI=1S/C15H24N2/c1-3-15(8-4-5-9-15)14(16)10-13-7-6-12(2)11-17-13/h6-7,11,14H,3-5,8-10,16H2,1-2H3. The van der Waals surface area contributed by atoms with Crippen LogP contribution in [0.15, 0.2) is 18.3 Å². The van der Waals surface area contributed by atoms with Gasteiger partial charge in [0.1, 0.15) is 0 Å². The van der Waals surface area contributed by atoms with Crippen molar-refractivity contribution in [2.45, 2.75) is 58.4 Å². The van der Waals surface area contributed by atoms with E-state index in [0.717, 1.165) is 12.1 Å². The molecule has 1 heterocycles. The van der Waals surface area contributed by atoms with E-state index in [1.165, 1.54) is 37.7 Å². The lowest BCUT2D eigenvalue weighted by Crippen LogP contribution is -2.41. The van der Waals surface area contributed by atoms with E-state index in [2.05, 4.69) is 31.0 Å². The van der Waals surface area contributed by atoms with Crippen LogP contribution in [-0.2, 0) is 6.42 Å². The molecule has 0 radical (unpaired) electrons. The Morgan fingerprint density at radius 1 is 1.35 bits per heavy atom. The Balaban J connectivity index is 2.05. The van der Waals surface area contributed by atoms with Crippen LogP contribution >= 0.6 is 0 Å². The maximum atomic E-state index is 6.45. The largest absolute Gasteiger partial charge is 0.327 e. The third kappa shape index (κ3) is 2.68. The summed E-state index contributed by atoms with van der Waals surface area (Å²) in [5.74, 6) is 0. The minimum Gasteiger partial charge on any atom is -0.327 e. The zero-order valence-corrected chi connectivity index (χ0v) is 11.1. The van der Waals surface area contributed by atoms with E-state index >= 15 is 0 Å². The molecule has 1 saturated carbocycles. The number of rotatable bonds is 4. The van der Waals surface area contributed by atoms with Gasteiger partial charge in [0.05, 0.1) is 0 Å². The highest BCUT2D eigenvalue weighted by Gasteiger charge is 2.37. The smallest absolute Gasteiger partial charge is 0.0419 e. The van der Waals surface area contributed by atoms with Gasteiger partial charge < -0.3 is 5.73 Å². The van der Waals surface area contributed by atoms with Gasteiger partial charge in [0.2, 0.25) is 0 Å². The quantitative estimate of drug-likeness (QED) is 0.865. The monoisotopic (exact) mass is 232 g/mol. The van der Waals surface area contributed by atoms with Crippen LogP contribution in [0.4, 0.5) is 0 Å². The van der Waals surface area contributed by atoms with Crippen LogP contribution < -0.4 is 5.73 Å². The second-order valence-corrected chi connectivity index (χ2v) is 5.56. The Hall–Kier alpha value is -0.890. The fraction of sp³-hybridized carbons (Fsp3) is 0.667. The molecule has 0 aliphatic heterocycles. The summed E-state index contributed by atoms with van der Waals surface area (Å²) in [7, 11) is 0. The first-order valence-electron chi connectivity index (χ1n) is 6.83. The first-order valence-corrected chi connectivity index (χ1v) is 6.83. The summed E-state index contributed by atoms with van der Waals surface area (Å²) in [6.07, 6.45) is 9.38. The average Bonchev–Trinajstić information content (AvgIpc) is 2.82. The molecule has 1 aliphatic carbocycles. The summed E-state index contributed by atoms with van der Waals surface area (Å²) in [4.78, 5) is 4.48. The maximum absolute atomic E-state index is 6.45. The van der Waals surface area contributed by atoms with Gasteiger partial charge in [-0.25, -0.2) is 0 Å². The highest BCUT2D eigenvalue weighted by atomic mass is 14.7. The molecule has 1 fully saturated rings. The molecule has 0 spiro atoms. The fourth-order valence-electron chi connectivity index (χ4n) is 3.13. The lowest BCUT2D eigenvalue weighted by Gasteiger charge is -2.34. The Morgan fingerprint density at radius 2 is 2.06 bits per heavy atom. The normalized spacial score (nSPS) is 20.4. The zero-order valence-electron chi connectivity index (χ0n) is 11.1. The number of nitrogens with two attached hydrogens (primary N) is 1. The molecule has 17 heavy (non-hydrogen) atoms. The van der Waals surface area contributed by atoms with Crippen molar-refractivity contribution in [3.8, 4) is 0 Å². The van der Waals surface area contributed by atoms with Gasteiger partial charge in [0.25, 0.3) is 0 Å². The minimum atomic E-state index is 0.269. The van der Waals surface area contributed by atoms with Crippen LogP contribution in [0.5, 0.6) is 0 Å². The summed E-state index contributed by atoms with van der Waals surface area (Å²) in [6, 6.07) is 4.51. The third-order valence-electron chi connectivity index (χ3n) is 4.49. The van der Waals surface area contributed by atoms with Crippen LogP contribution in [0.2, 0.25) is 0 Å². The lowest BCUT2D eigenvalue weighted by molar-refractivity contribution is 0.218. The van der Waals surface area contributed by atoms with Crippen molar-refractivity contribution in [3.05, 3.63) is 29.6 Å². The van der Waals surface area contributed by atoms with Gasteiger partial charge in [-0.2, -0.15) is 0 Å². The van der Waals surface area contributed by atoms with Crippen molar-refractivity contribution < 1.29 is 0 Å². The number of nitrogens with zero attached hydrogens (tertiary/aromatic N) is 1. The Labute approximate surface area is 105 Å². The summed E-state index contributed by atoms with van der Waals surface area (Å²) >= 11 is 0. The number of hydrogen-bond donors (Lipinski definition) is 1. The first-order chi connectivity index (χ1) is 8.16. The van der Waals surface area contributed by atoms with Crippen molar-refractivity contribution in [3.63, 3.8) is 0 Å². The van der Waals surface area contributed by atoms with E-state index in [9.17, 15) is 0 Å². The summed E-state index contributed by atoms with van der Waals surface area (Å²) in [6.45, 7) is 4.36. The van der Waals surface area contributed by atoms with E-state index < -0.39 is 0 Å². The van der Waals surface area contributed by atoms with Crippen LogP contribution in [-0.4, -0.2) is 11.0 Å². The van der Waals surface area contributed by atoms with Gasteiger partial charge in [0, 0.05) is 24.4 Å². The van der Waals surface area contributed by atoms with Gasteiger partial charge in [-0.15, -0.1) is 0 Å². The van der Waals surface area contributed by atoms with Crippen LogP contribution in [0.3, 0.4) is 0 Å². The summed E-state index contributed by atoms with van der Waals surface area (Å²) in [5, 5.41) is 0. The number of pyridine rings is 1. The summed E-state index contributed by atoms with van der Waals surface area (Å²) < 4.78 is 0. The highest BCUT2D eigenvalue weighted by molar-refractivity contribution is 5.14. The van der Waals surface area contributed by atoms with Crippen LogP contribution in [0.1, 0.15) is 50.3 Å². The number of aromatic nitrogens is 1. The molecule has 0 bridgehead atoms. The van der Waals surface area contributed by atoms with Crippen molar-refractivity contribution in [2.24, 2.45) is 11.1 Å². The van der Waals surface area contributed by atoms with E-state index in [4.69, 9.17) is 5.73 Å². The molecule has 2 heteroatoms. The van der Waals surface area contributed by atoms with Gasteiger partial charge in [-0.05, 0) is 43.2 Å². The SMILES string of the molecule is CCC1(C(N)Cc2ccc(C)cn2)CCCC1. The van der Waals surface area contributed by atoms with Gasteiger partial charge in [0.15, 0.2) is 0 Å². The molecule has 2 rings (SSSR count). The first kappa shape index (κ1) is 12.6. The van der Waals surface area contributed by atoms with Gasteiger partial charge in [-0.1, -0.05) is 25.8 Å². The fourth-order valence-corrected chi connectivity index (χ4v) is 3.13. The molecule has 1 unspecified atom stereocenters. The number of aryl methyl sites for hydroxylation is 1. The molecule has 1 aromatic rings. The summed E-state index contributed by atoms with van der Waals surface area (Å²) in [5.41, 5.74) is 9.19. The molecule has 2 nitrogen and oxygen atoms in total. The zero-order chi connectivity index (χ0) is 12.3. The molecular weight excluding hydrogens is 208 g/mol. The highest BCUT2D eigenvalue weighted by Crippen LogP contribution is 2.43. The Kier molecular flexibility index (Phi) is 3.82. The molecule has 0 amide bonds. The van der Waals surface area contributed by atoms with Gasteiger partial charge >= 0.3 is 0 Å². The van der Waals surface area contributed by atoms with Crippen molar-refractivity contribution in [2.75, 3.05) is 0 Å². The third-order valence-corrected chi connectivity index (χ3v) is 4.49. The van der Waals surface area contributed by atoms with Crippen molar-refractivity contribution >= 4 is 0 Å². The molecule has 0 saturated heterocycles. The topological polar surface area (TPSA) is 38.9 Å². The second kappa shape index (κ2) is 5.18. The van der Waals surface area contributed by atoms with Crippen molar-refractivity contribution in [1.29, 1.82) is 0 Å². The molecule has 0 aromatic carbocycles. The molecule has 2 N–H and O–H groups in total. The Bertz CT molecular complexity index is 350. The molecular formula is C15H24N2. The second-order valence-electron chi connectivity index (χ2n) is 5.56. The average molecular weight is 232 g/mol. The molecule has 94 valence electrons. The predicted molar refractivity (Wildman–Crippen MR) is 71.8 cm³/mol. The number of hydrogen-bond acceptors (Lipinski definition) is 2. The van der Waals surface area contributed by atoms with Gasteiger partial charge in [-0.3, -0.25) is 4.98 Å². The van der Waals surface area contributed by atoms with E-state index in [0.29, 0.717) is 5.41 Å². The lowest BCUT2D eigenvalue weighted by atomic mass is 9.75. The molecule has 1 atom stereocenters. The van der Waals surface area contributed by atoms with E-state index in [-0.39, 0.29) is 6.04 Å². The minimum absolute atomic E-state index is 0.269. The predicted octanol–water partition coefficient (Wildman–Crippen LogP) is 3.23. The Morgan fingerprint density at radius 3 is 2.59 bits per heavy atom. The van der Waals surface area contributed by atoms with E-state index in [1.807, 2.05) is 6.20 Å². The molecule has 1 aliphatic rings. The van der Waals surface area contributed by atoms with E-state index in [1.54, 1.807) is 0 Å². The molecule has 1 aromatic heterocycles. The van der Waals surface area contributed by atoms with Crippen LogP contribution in [0, 0.1) is 12.3 Å².